The molecule has 0 saturated carbocycles. The van der Waals surface area contributed by atoms with Gasteiger partial charge in [0, 0.05) is 5.41 Å². The maximum atomic E-state index is 2.39. The quantitative estimate of drug-likeness (QED) is 0.167. The van der Waals surface area contributed by atoms with Gasteiger partial charge >= 0.3 is 0 Å². The Bertz CT molecular complexity index is 2740. The van der Waals surface area contributed by atoms with Gasteiger partial charge in [0.2, 0.25) is 0 Å². The van der Waals surface area contributed by atoms with E-state index in [0.29, 0.717) is 0 Å². The Kier molecular flexibility index (Phi) is 6.63. The largest absolute Gasteiger partial charge is 0.0622 e. The van der Waals surface area contributed by atoms with Crippen molar-refractivity contribution in [1.29, 1.82) is 0 Å². The highest BCUT2D eigenvalue weighted by Crippen LogP contribution is 2.54. The van der Waals surface area contributed by atoms with E-state index in [0.717, 1.165) is 0 Å². The Balaban J connectivity index is 1.15. The first-order valence-corrected chi connectivity index (χ1v) is 17.9. The molecule has 0 bridgehead atoms. The zero-order valence-corrected chi connectivity index (χ0v) is 28.8. The second-order valence-corrected chi connectivity index (χ2v) is 14.4. The molecule has 9 aromatic carbocycles. The fourth-order valence-corrected chi connectivity index (χ4v) is 9.01. The average Bonchev–Trinajstić information content (AvgIpc) is 3.43. The summed E-state index contributed by atoms with van der Waals surface area (Å²) in [6, 6.07) is 67.2. The van der Waals surface area contributed by atoms with Gasteiger partial charge in [0.1, 0.15) is 0 Å². The molecule has 240 valence electrons. The third-order valence-corrected chi connectivity index (χ3v) is 11.3. The van der Waals surface area contributed by atoms with Gasteiger partial charge in [-0.05, 0) is 99.1 Å². The van der Waals surface area contributed by atoms with Crippen LogP contribution in [0.1, 0.15) is 25.0 Å². The summed E-state index contributed by atoms with van der Waals surface area (Å²) < 4.78 is 0. The monoisotopic (exact) mass is 648 g/mol. The number of fused-ring (bicyclic) bond motifs is 7. The zero-order chi connectivity index (χ0) is 34.1. The van der Waals surface area contributed by atoms with E-state index in [-0.39, 0.29) is 5.41 Å². The molecule has 0 amide bonds. The van der Waals surface area contributed by atoms with Crippen LogP contribution in [0, 0.1) is 0 Å². The zero-order valence-electron chi connectivity index (χ0n) is 28.8. The Morgan fingerprint density at radius 3 is 1.47 bits per heavy atom. The summed E-state index contributed by atoms with van der Waals surface area (Å²) in [5.74, 6) is 0. The fourth-order valence-electron chi connectivity index (χ4n) is 9.01. The molecule has 0 aromatic heterocycles. The molecule has 0 spiro atoms. The average molecular weight is 649 g/mol. The first-order chi connectivity index (χ1) is 25.1. The van der Waals surface area contributed by atoms with Crippen molar-refractivity contribution in [1.82, 2.24) is 0 Å². The molecule has 10 rings (SSSR count). The number of benzene rings is 9. The predicted molar refractivity (Wildman–Crippen MR) is 218 cm³/mol. The first kappa shape index (κ1) is 29.7. The third kappa shape index (κ3) is 4.46. The normalized spacial score (nSPS) is 13.1. The lowest BCUT2D eigenvalue weighted by atomic mass is 9.78. The molecule has 0 atom stereocenters. The smallest absolute Gasteiger partial charge is 0.0165 e. The molecule has 0 fully saturated rings. The molecule has 0 heterocycles. The summed E-state index contributed by atoms with van der Waals surface area (Å²) in [5.41, 5.74) is 15.6. The molecular weight excluding hydrogens is 613 g/mol. The van der Waals surface area contributed by atoms with Crippen LogP contribution in [0.15, 0.2) is 182 Å². The van der Waals surface area contributed by atoms with E-state index in [1.54, 1.807) is 0 Å². The van der Waals surface area contributed by atoms with Crippen molar-refractivity contribution in [3.63, 3.8) is 0 Å². The highest BCUT2D eigenvalue weighted by atomic mass is 14.4. The van der Waals surface area contributed by atoms with Crippen molar-refractivity contribution in [2.45, 2.75) is 19.3 Å². The van der Waals surface area contributed by atoms with Crippen LogP contribution in [0.25, 0.3) is 88.0 Å². The molecule has 0 heteroatoms. The minimum Gasteiger partial charge on any atom is -0.0622 e. The Morgan fingerprint density at radius 1 is 0.294 bits per heavy atom. The first-order valence-electron chi connectivity index (χ1n) is 17.9. The van der Waals surface area contributed by atoms with Crippen molar-refractivity contribution in [3.8, 4) is 55.6 Å². The van der Waals surface area contributed by atoms with Crippen molar-refractivity contribution < 1.29 is 0 Å². The Labute approximate surface area is 299 Å². The lowest BCUT2D eigenvalue weighted by molar-refractivity contribution is 0.662. The number of hydrogen-bond acceptors (Lipinski definition) is 0. The van der Waals surface area contributed by atoms with Crippen LogP contribution in [0.3, 0.4) is 0 Å². The van der Waals surface area contributed by atoms with Gasteiger partial charge in [-0.25, -0.2) is 0 Å². The molecule has 1 aliphatic carbocycles. The van der Waals surface area contributed by atoms with Crippen LogP contribution in [0.4, 0.5) is 0 Å². The lowest BCUT2D eigenvalue weighted by Crippen LogP contribution is -2.16. The van der Waals surface area contributed by atoms with Crippen molar-refractivity contribution in [3.05, 3.63) is 193 Å². The number of rotatable bonds is 4. The summed E-state index contributed by atoms with van der Waals surface area (Å²) in [7, 11) is 0. The predicted octanol–water partition coefficient (Wildman–Crippen LogP) is 14.1. The molecule has 0 unspecified atom stereocenters. The Hall–Kier alpha value is -6.24. The van der Waals surface area contributed by atoms with E-state index in [9.17, 15) is 0 Å². The van der Waals surface area contributed by atoms with E-state index in [1.165, 1.54) is 99.1 Å². The second kappa shape index (κ2) is 11.4. The lowest BCUT2D eigenvalue weighted by Gasteiger charge is -2.25. The highest BCUT2D eigenvalue weighted by Gasteiger charge is 2.38. The standard InChI is InChI=1S/C51H36/c1-51(2)46-32-31-34-17-6-7-19-38(34)49(46)45-26-14-25-39(50(45)51)35-27-29-36(30-28-35)47-41-21-10-12-23-43(41)48(44-24-13-11-22-42(44)47)40-20-9-8-18-37(40)33-15-4-3-5-16-33/h3-32H,1-2H3. The van der Waals surface area contributed by atoms with Crippen LogP contribution in [0.2, 0.25) is 0 Å². The topological polar surface area (TPSA) is 0 Å². The van der Waals surface area contributed by atoms with Crippen LogP contribution < -0.4 is 0 Å². The van der Waals surface area contributed by atoms with Crippen molar-refractivity contribution in [2.75, 3.05) is 0 Å². The van der Waals surface area contributed by atoms with E-state index >= 15 is 0 Å². The minimum absolute atomic E-state index is 0.109. The molecule has 0 aliphatic heterocycles. The molecule has 51 heavy (non-hydrogen) atoms. The van der Waals surface area contributed by atoms with Crippen molar-refractivity contribution >= 4 is 32.3 Å². The summed E-state index contributed by atoms with van der Waals surface area (Å²) in [4.78, 5) is 0. The second-order valence-electron chi connectivity index (χ2n) is 14.4. The molecule has 0 nitrogen and oxygen atoms in total. The summed E-state index contributed by atoms with van der Waals surface area (Å²) in [6.45, 7) is 4.78. The molecule has 0 N–H and O–H groups in total. The minimum atomic E-state index is -0.109. The van der Waals surface area contributed by atoms with Gasteiger partial charge in [0.05, 0.1) is 0 Å². The molecular formula is C51H36. The summed E-state index contributed by atoms with van der Waals surface area (Å²) in [5, 5.41) is 7.71. The maximum Gasteiger partial charge on any atom is 0.0165 e. The molecule has 9 aromatic rings. The van der Waals surface area contributed by atoms with Crippen LogP contribution in [-0.4, -0.2) is 0 Å². The van der Waals surface area contributed by atoms with E-state index in [1.807, 2.05) is 0 Å². The van der Waals surface area contributed by atoms with E-state index in [4.69, 9.17) is 0 Å². The van der Waals surface area contributed by atoms with Crippen LogP contribution >= 0.6 is 0 Å². The number of hydrogen-bond donors (Lipinski definition) is 0. The van der Waals surface area contributed by atoms with Gasteiger partial charge in [0.25, 0.3) is 0 Å². The summed E-state index contributed by atoms with van der Waals surface area (Å²) in [6.07, 6.45) is 0. The fraction of sp³-hybridized carbons (Fsp3) is 0.0588. The SMILES string of the molecule is CC1(C)c2ccc3ccccc3c2-c2cccc(-c3ccc(-c4c5ccccc5c(-c5ccccc5-c5ccccc5)c5ccccc45)cc3)c21. The highest BCUT2D eigenvalue weighted by molar-refractivity contribution is 6.22. The van der Waals surface area contributed by atoms with Gasteiger partial charge in [-0.1, -0.05) is 196 Å². The molecule has 0 saturated heterocycles. The third-order valence-electron chi connectivity index (χ3n) is 11.3. The Morgan fingerprint density at radius 2 is 0.784 bits per heavy atom. The van der Waals surface area contributed by atoms with Crippen molar-refractivity contribution in [2.24, 2.45) is 0 Å². The van der Waals surface area contributed by atoms with Gasteiger partial charge in [-0.2, -0.15) is 0 Å². The van der Waals surface area contributed by atoms with Gasteiger partial charge < -0.3 is 0 Å². The van der Waals surface area contributed by atoms with E-state index < -0.39 is 0 Å². The van der Waals surface area contributed by atoms with Gasteiger partial charge in [0.15, 0.2) is 0 Å². The van der Waals surface area contributed by atoms with Gasteiger partial charge in [-0.15, -0.1) is 0 Å². The van der Waals surface area contributed by atoms with Gasteiger partial charge in [-0.3, -0.25) is 0 Å². The maximum absolute atomic E-state index is 2.39. The summed E-state index contributed by atoms with van der Waals surface area (Å²) >= 11 is 0. The van der Waals surface area contributed by atoms with E-state index in [2.05, 4.69) is 196 Å². The molecule has 0 radical (unpaired) electrons. The van der Waals surface area contributed by atoms with Crippen LogP contribution in [-0.2, 0) is 5.41 Å². The molecule has 1 aliphatic rings. The van der Waals surface area contributed by atoms with Crippen LogP contribution in [0.5, 0.6) is 0 Å².